The van der Waals surface area contributed by atoms with E-state index < -0.39 is 11.9 Å². The van der Waals surface area contributed by atoms with E-state index in [4.69, 9.17) is 14.9 Å². The molecule has 2 aromatic rings. The first-order chi connectivity index (χ1) is 12.0. The van der Waals surface area contributed by atoms with Gasteiger partial charge in [-0.1, -0.05) is 0 Å². The molecule has 1 saturated heterocycles. The standard InChI is InChI=1S/C17H18FN3O4/c1-24-13-7-14(16(19)23)21(8-13)15(22)6-12-9-25-17(20-12)10-2-4-11(18)5-3-10/h2-5,9,13-14H,6-8H2,1H3,(H2,19,23)/t13-,14-/m0/s1. The number of amides is 2. The van der Waals surface area contributed by atoms with Gasteiger partial charge in [-0.15, -0.1) is 0 Å². The smallest absolute Gasteiger partial charge is 0.240 e. The van der Waals surface area contributed by atoms with Crippen LogP contribution < -0.4 is 5.73 Å². The molecule has 2 N–H and O–H groups in total. The Labute approximate surface area is 143 Å². The van der Waals surface area contributed by atoms with Crippen LogP contribution in [0.1, 0.15) is 12.1 Å². The van der Waals surface area contributed by atoms with Gasteiger partial charge >= 0.3 is 0 Å². The Morgan fingerprint density at radius 3 is 2.76 bits per heavy atom. The lowest BCUT2D eigenvalue weighted by molar-refractivity contribution is -0.136. The maximum atomic E-state index is 13.0. The minimum atomic E-state index is -0.680. The van der Waals surface area contributed by atoms with E-state index in [0.717, 1.165) is 0 Å². The van der Waals surface area contributed by atoms with Crippen molar-refractivity contribution in [2.75, 3.05) is 13.7 Å². The number of nitrogens with zero attached hydrogens (tertiary/aromatic N) is 2. The Morgan fingerprint density at radius 1 is 1.40 bits per heavy atom. The lowest BCUT2D eigenvalue weighted by Gasteiger charge is -2.21. The van der Waals surface area contributed by atoms with E-state index in [0.29, 0.717) is 30.1 Å². The highest BCUT2D eigenvalue weighted by Crippen LogP contribution is 2.23. The minimum absolute atomic E-state index is 0.0229. The number of primary amides is 1. The van der Waals surface area contributed by atoms with Crippen LogP contribution in [0.2, 0.25) is 0 Å². The molecule has 1 aliphatic rings. The third-order valence-electron chi connectivity index (χ3n) is 4.22. The van der Waals surface area contributed by atoms with Crippen molar-refractivity contribution in [3.63, 3.8) is 0 Å². The third-order valence-corrected chi connectivity index (χ3v) is 4.22. The molecule has 1 aromatic carbocycles. The van der Waals surface area contributed by atoms with E-state index in [9.17, 15) is 14.0 Å². The van der Waals surface area contributed by atoms with Gasteiger partial charge in [0.1, 0.15) is 18.1 Å². The molecule has 0 bridgehead atoms. The van der Waals surface area contributed by atoms with Crippen LogP contribution >= 0.6 is 0 Å². The van der Waals surface area contributed by atoms with Gasteiger partial charge in [0.2, 0.25) is 17.7 Å². The van der Waals surface area contributed by atoms with Gasteiger partial charge in [0.25, 0.3) is 0 Å². The van der Waals surface area contributed by atoms with Gasteiger partial charge in [0, 0.05) is 25.6 Å². The molecule has 0 saturated carbocycles. The van der Waals surface area contributed by atoms with Crippen molar-refractivity contribution in [1.82, 2.24) is 9.88 Å². The Morgan fingerprint density at radius 2 is 2.12 bits per heavy atom. The molecule has 132 valence electrons. The van der Waals surface area contributed by atoms with E-state index >= 15 is 0 Å². The highest BCUT2D eigenvalue weighted by molar-refractivity contribution is 5.88. The maximum absolute atomic E-state index is 13.0. The van der Waals surface area contributed by atoms with E-state index in [-0.39, 0.29) is 24.2 Å². The largest absolute Gasteiger partial charge is 0.444 e. The van der Waals surface area contributed by atoms with Crippen LogP contribution in [-0.4, -0.2) is 47.5 Å². The fourth-order valence-electron chi connectivity index (χ4n) is 2.88. The monoisotopic (exact) mass is 347 g/mol. The molecular weight excluding hydrogens is 329 g/mol. The van der Waals surface area contributed by atoms with Crippen molar-refractivity contribution in [2.45, 2.75) is 25.0 Å². The summed E-state index contributed by atoms with van der Waals surface area (Å²) in [5.41, 5.74) is 6.41. The normalized spacial score (nSPS) is 20.0. The molecule has 7 nitrogen and oxygen atoms in total. The Bertz CT molecular complexity index is 774. The number of likely N-dealkylation sites (tertiary alicyclic amines) is 1. The van der Waals surface area contributed by atoms with Crippen molar-refractivity contribution >= 4 is 11.8 Å². The second kappa shape index (κ2) is 7.02. The molecule has 1 fully saturated rings. The number of aromatic nitrogens is 1. The highest BCUT2D eigenvalue weighted by atomic mass is 19.1. The van der Waals surface area contributed by atoms with Crippen LogP contribution in [0.25, 0.3) is 11.5 Å². The molecule has 0 aliphatic carbocycles. The number of carbonyl (C=O) groups is 2. The second-order valence-electron chi connectivity index (χ2n) is 5.89. The minimum Gasteiger partial charge on any atom is -0.444 e. The van der Waals surface area contributed by atoms with E-state index in [1.54, 1.807) is 12.1 Å². The summed E-state index contributed by atoms with van der Waals surface area (Å²) in [7, 11) is 1.53. The Balaban J connectivity index is 1.71. The van der Waals surface area contributed by atoms with Crippen molar-refractivity contribution in [1.29, 1.82) is 0 Å². The summed E-state index contributed by atoms with van der Waals surface area (Å²) >= 11 is 0. The summed E-state index contributed by atoms with van der Waals surface area (Å²) in [6, 6.07) is 5.01. The fourth-order valence-corrected chi connectivity index (χ4v) is 2.88. The first-order valence-corrected chi connectivity index (χ1v) is 7.80. The molecule has 3 rings (SSSR count). The van der Waals surface area contributed by atoms with Crippen molar-refractivity contribution in [3.8, 4) is 11.5 Å². The summed E-state index contributed by atoms with van der Waals surface area (Å²) in [6.45, 7) is 0.311. The van der Waals surface area contributed by atoms with E-state index in [1.807, 2.05) is 0 Å². The molecule has 25 heavy (non-hydrogen) atoms. The topological polar surface area (TPSA) is 98.7 Å². The molecule has 2 atom stereocenters. The van der Waals surface area contributed by atoms with Crippen molar-refractivity contribution < 1.29 is 23.1 Å². The first-order valence-electron chi connectivity index (χ1n) is 7.80. The van der Waals surface area contributed by atoms with Crippen molar-refractivity contribution in [2.24, 2.45) is 5.73 Å². The zero-order valence-electron chi connectivity index (χ0n) is 13.6. The molecule has 1 aliphatic heterocycles. The van der Waals surface area contributed by atoms with Gasteiger partial charge in [0.05, 0.1) is 18.2 Å². The number of nitrogens with two attached hydrogens (primary N) is 1. The maximum Gasteiger partial charge on any atom is 0.240 e. The van der Waals surface area contributed by atoms with Crippen LogP contribution in [0.15, 0.2) is 34.9 Å². The van der Waals surface area contributed by atoms with Gasteiger partial charge in [-0.3, -0.25) is 9.59 Å². The summed E-state index contributed by atoms with van der Waals surface area (Å²) in [6.07, 6.45) is 1.52. The predicted molar refractivity (Wildman–Crippen MR) is 85.7 cm³/mol. The number of halogens is 1. The number of benzene rings is 1. The van der Waals surface area contributed by atoms with Crippen LogP contribution in [-0.2, 0) is 20.7 Å². The molecule has 2 heterocycles. The Kier molecular flexibility index (Phi) is 4.80. The average Bonchev–Trinajstić information content (AvgIpc) is 3.22. The first kappa shape index (κ1) is 17.1. The number of carbonyl (C=O) groups excluding carboxylic acids is 2. The number of ether oxygens (including phenoxy) is 1. The van der Waals surface area contributed by atoms with Crippen molar-refractivity contribution in [3.05, 3.63) is 42.0 Å². The Hall–Kier alpha value is -2.74. The van der Waals surface area contributed by atoms with Crippen LogP contribution in [0.4, 0.5) is 4.39 Å². The third kappa shape index (κ3) is 3.69. The molecule has 0 radical (unpaired) electrons. The summed E-state index contributed by atoms with van der Waals surface area (Å²) in [5.74, 6) is -0.891. The summed E-state index contributed by atoms with van der Waals surface area (Å²) in [5, 5.41) is 0. The second-order valence-corrected chi connectivity index (χ2v) is 5.89. The van der Waals surface area contributed by atoms with Crippen LogP contribution in [0, 0.1) is 5.82 Å². The number of hydrogen-bond acceptors (Lipinski definition) is 5. The molecule has 8 heteroatoms. The van der Waals surface area contributed by atoms with Crippen LogP contribution in [0.5, 0.6) is 0 Å². The molecular formula is C17H18FN3O4. The molecule has 0 unspecified atom stereocenters. The quantitative estimate of drug-likeness (QED) is 0.874. The fraction of sp³-hybridized carbons (Fsp3) is 0.353. The van der Waals surface area contributed by atoms with Gasteiger partial charge < -0.3 is 19.8 Å². The molecule has 0 spiro atoms. The lowest BCUT2D eigenvalue weighted by atomic mass is 10.2. The molecule has 2 amide bonds. The van der Waals surface area contributed by atoms with Gasteiger partial charge in [0.15, 0.2) is 0 Å². The molecule has 1 aromatic heterocycles. The van der Waals surface area contributed by atoms with Gasteiger partial charge in [-0.2, -0.15) is 0 Å². The zero-order chi connectivity index (χ0) is 18.0. The highest BCUT2D eigenvalue weighted by Gasteiger charge is 2.38. The van der Waals surface area contributed by atoms with Gasteiger partial charge in [-0.05, 0) is 24.3 Å². The SMILES string of the molecule is CO[C@H]1C[C@@H](C(N)=O)N(C(=O)Cc2coc(-c3ccc(F)cc3)n2)C1. The summed E-state index contributed by atoms with van der Waals surface area (Å²) < 4.78 is 23.5. The average molecular weight is 347 g/mol. The van der Waals surface area contributed by atoms with Crippen LogP contribution in [0.3, 0.4) is 0 Å². The summed E-state index contributed by atoms with van der Waals surface area (Å²) in [4.78, 5) is 29.7. The number of methoxy groups -OCH3 is 1. The van der Waals surface area contributed by atoms with E-state index in [1.165, 1.54) is 30.4 Å². The number of oxazole rings is 1. The van der Waals surface area contributed by atoms with Gasteiger partial charge in [-0.25, -0.2) is 9.37 Å². The lowest BCUT2D eigenvalue weighted by Crippen LogP contribution is -2.44. The zero-order valence-corrected chi connectivity index (χ0v) is 13.6. The predicted octanol–water partition coefficient (Wildman–Crippen LogP) is 1.12. The number of rotatable bonds is 5. The van der Waals surface area contributed by atoms with E-state index in [2.05, 4.69) is 4.98 Å². The number of hydrogen-bond donors (Lipinski definition) is 1.